The van der Waals surface area contributed by atoms with E-state index in [9.17, 15) is 4.79 Å². The number of carbonyl (C=O) groups excluding carboxylic acids is 1. The Morgan fingerprint density at radius 3 is 3.00 bits per heavy atom. The second-order valence-electron chi connectivity index (χ2n) is 4.99. The zero-order chi connectivity index (χ0) is 13.1. The van der Waals surface area contributed by atoms with Gasteiger partial charge >= 0.3 is 0 Å². The van der Waals surface area contributed by atoms with Gasteiger partial charge in [0, 0.05) is 18.0 Å². The van der Waals surface area contributed by atoms with Crippen LogP contribution in [0.2, 0.25) is 0 Å². The van der Waals surface area contributed by atoms with Crippen LogP contribution in [0.5, 0.6) is 0 Å². The molecule has 2 N–H and O–H groups in total. The van der Waals surface area contributed by atoms with E-state index in [1.165, 1.54) is 12.8 Å². The van der Waals surface area contributed by atoms with Crippen LogP contribution in [0.15, 0.2) is 34.7 Å². The first-order chi connectivity index (χ1) is 9.33. The third-order valence-corrected chi connectivity index (χ3v) is 3.59. The van der Waals surface area contributed by atoms with Crippen molar-refractivity contribution in [3.05, 3.63) is 36.1 Å². The van der Waals surface area contributed by atoms with E-state index in [4.69, 9.17) is 4.42 Å². The monoisotopic (exact) mass is 294 g/mol. The molecule has 1 atom stereocenters. The maximum Gasteiger partial charge on any atom is 0.287 e. The molecule has 2 heterocycles. The first-order valence-electron chi connectivity index (χ1n) is 6.83. The minimum Gasteiger partial charge on any atom is -0.451 e. The SMILES string of the molecule is Cl.O=C(NCC[C@H]1CCCN1)c1cc2ccccc2o1. The van der Waals surface area contributed by atoms with Gasteiger partial charge < -0.3 is 15.1 Å². The molecule has 0 aliphatic carbocycles. The van der Waals surface area contributed by atoms with E-state index in [-0.39, 0.29) is 18.3 Å². The molecule has 20 heavy (non-hydrogen) atoms. The van der Waals surface area contributed by atoms with E-state index in [0.717, 1.165) is 23.9 Å². The lowest BCUT2D eigenvalue weighted by molar-refractivity contribution is 0.0927. The second-order valence-corrected chi connectivity index (χ2v) is 4.99. The predicted molar refractivity (Wildman–Crippen MR) is 81.4 cm³/mol. The molecule has 0 spiro atoms. The molecule has 1 aromatic carbocycles. The Kier molecular flexibility index (Phi) is 5.04. The summed E-state index contributed by atoms with van der Waals surface area (Å²) in [6, 6.07) is 9.99. The number of hydrogen-bond donors (Lipinski definition) is 2. The van der Waals surface area contributed by atoms with Crippen LogP contribution in [0, 0.1) is 0 Å². The number of benzene rings is 1. The van der Waals surface area contributed by atoms with Crippen molar-refractivity contribution in [2.24, 2.45) is 0 Å². The molecule has 0 saturated carbocycles. The number of amides is 1. The number of nitrogens with one attached hydrogen (secondary N) is 2. The molecule has 0 bridgehead atoms. The van der Waals surface area contributed by atoms with Crippen molar-refractivity contribution in [3.63, 3.8) is 0 Å². The molecule has 4 nitrogen and oxygen atoms in total. The molecule has 2 aromatic rings. The average Bonchev–Trinajstić information content (AvgIpc) is 3.07. The summed E-state index contributed by atoms with van der Waals surface area (Å²) in [7, 11) is 0. The van der Waals surface area contributed by atoms with Crippen molar-refractivity contribution in [2.45, 2.75) is 25.3 Å². The molecule has 1 aliphatic rings. The number of carbonyl (C=O) groups is 1. The van der Waals surface area contributed by atoms with Crippen molar-refractivity contribution in [1.82, 2.24) is 10.6 Å². The van der Waals surface area contributed by atoms with E-state index in [1.807, 2.05) is 24.3 Å². The fourth-order valence-corrected chi connectivity index (χ4v) is 2.54. The Labute approximate surface area is 124 Å². The van der Waals surface area contributed by atoms with Gasteiger partial charge in [0.2, 0.25) is 0 Å². The van der Waals surface area contributed by atoms with Gasteiger partial charge in [-0.1, -0.05) is 18.2 Å². The summed E-state index contributed by atoms with van der Waals surface area (Å²) in [5.41, 5.74) is 0.755. The number of para-hydroxylation sites is 1. The summed E-state index contributed by atoms with van der Waals surface area (Å²) >= 11 is 0. The number of furan rings is 1. The fourth-order valence-electron chi connectivity index (χ4n) is 2.54. The molecule has 1 aliphatic heterocycles. The van der Waals surface area contributed by atoms with Gasteiger partial charge in [0.15, 0.2) is 5.76 Å². The molecular formula is C15H19ClN2O2. The smallest absolute Gasteiger partial charge is 0.287 e. The van der Waals surface area contributed by atoms with Crippen molar-refractivity contribution < 1.29 is 9.21 Å². The zero-order valence-electron chi connectivity index (χ0n) is 11.2. The third kappa shape index (κ3) is 3.32. The highest BCUT2D eigenvalue weighted by molar-refractivity contribution is 5.96. The van der Waals surface area contributed by atoms with E-state index >= 15 is 0 Å². The summed E-state index contributed by atoms with van der Waals surface area (Å²) in [6.07, 6.45) is 3.43. The lowest BCUT2D eigenvalue weighted by atomic mass is 10.1. The minimum absolute atomic E-state index is 0. The topological polar surface area (TPSA) is 54.3 Å². The molecule has 1 aromatic heterocycles. The normalized spacial score (nSPS) is 17.9. The number of halogens is 1. The molecule has 1 fully saturated rings. The largest absolute Gasteiger partial charge is 0.451 e. The van der Waals surface area contributed by atoms with Crippen molar-refractivity contribution in [3.8, 4) is 0 Å². The van der Waals surface area contributed by atoms with Crippen molar-refractivity contribution in [2.75, 3.05) is 13.1 Å². The van der Waals surface area contributed by atoms with Crippen LogP contribution in [-0.2, 0) is 0 Å². The number of rotatable bonds is 4. The maximum absolute atomic E-state index is 12.0. The lowest BCUT2D eigenvalue weighted by Gasteiger charge is -2.09. The van der Waals surface area contributed by atoms with E-state index in [0.29, 0.717) is 18.3 Å². The van der Waals surface area contributed by atoms with E-state index in [2.05, 4.69) is 10.6 Å². The Balaban J connectivity index is 0.00000147. The summed E-state index contributed by atoms with van der Waals surface area (Å²) in [4.78, 5) is 12.0. The van der Waals surface area contributed by atoms with Crippen molar-refractivity contribution >= 4 is 29.3 Å². The summed E-state index contributed by atoms with van der Waals surface area (Å²) < 4.78 is 5.52. The Morgan fingerprint density at radius 2 is 2.25 bits per heavy atom. The van der Waals surface area contributed by atoms with E-state index in [1.54, 1.807) is 6.07 Å². The molecule has 1 amide bonds. The van der Waals surface area contributed by atoms with Gasteiger partial charge in [-0.25, -0.2) is 0 Å². The number of hydrogen-bond acceptors (Lipinski definition) is 3. The van der Waals surface area contributed by atoms with Crippen LogP contribution in [0.4, 0.5) is 0 Å². The third-order valence-electron chi connectivity index (χ3n) is 3.59. The van der Waals surface area contributed by atoms with Gasteiger partial charge in [0.1, 0.15) is 5.58 Å². The zero-order valence-corrected chi connectivity index (χ0v) is 12.0. The minimum atomic E-state index is -0.130. The van der Waals surface area contributed by atoms with Crippen LogP contribution < -0.4 is 10.6 Å². The van der Waals surface area contributed by atoms with Gasteiger partial charge in [0.05, 0.1) is 0 Å². The Bertz CT molecular complexity index is 543. The Hall–Kier alpha value is -1.52. The number of fused-ring (bicyclic) bond motifs is 1. The van der Waals surface area contributed by atoms with Gasteiger partial charge in [-0.2, -0.15) is 0 Å². The fraction of sp³-hybridized carbons (Fsp3) is 0.400. The molecule has 108 valence electrons. The van der Waals surface area contributed by atoms with Gasteiger partial charge in [0.25, 0.3) is 5.91 Å². The van der Waals surface area contributed by atoms with Gasteiger partial charge in [-0.3, -0.25) is 4.79 Å². The van der Waals surface area contributed by atoms with Crippen LogP contribution >= 0.6 is 12.4 Å². The molecule has 0 radical (unpaired) electrons. The molecule has 3 rings (SSSR count). The molecular weight excluding hydrogens is 276 g/mol. The lowest BCUT2D eigenvalue weighted by Crippen LogP contribution is -2.30. The van der Waals surface area contributed by atoms with Gasteiger partial charge in [-0.05, 0) is 37.9 Å². The van der Waals surface area contributed by atoms with E-state index < -0.39 is 0 Å². The maximum atomic E-state index is 12.0. The first kappa shape index (κ1) is 14.9. The highest BCUT2D eigenvalue weighted by Gasteiger charge is 2.15. The van der Waals surface area contributed by atoms with Crippen LogP contribution in [0.3, 0.4) is 0 Å². The highest BCUT2D eigenvalue weighted by Crippen LogP contribution is 2.18. The molecule has 0 unspecified atom stereocenters. The highest BCUT2D eigenvalue weighted by atomic mass is 35.5. The average molecular weight is 295 g/mol. The predicted octanol–water partition coefficient (Wildman–Crippen LogP) is 2.73. The first-order valence-corrected chi connectivity index (χ1v) is 6.83. The van der Waals surface area contributed by atoms with Crippen LogP contribution in [0.25, 0.3) is 11.0 Å². The van der Waals surface area contributed by atoms with Crippen molar-refractivity contribution in [1.29, 1.82) is 0 Å². The molecule has 1 saturated heterocycles. The second kappa shape index (κ2) is 6.77. The standard InChI is InChI=1S/C15H18N2O2.ClH/c18-15(17-9-7-12-5-3-8-16-12)14-10-11-4-1-2-6-13(11)19-14;/h1-2,4,6,10,12,16H,3,5,7-9H2,(H,17,18);1H/t12-;/m1./s1. The summed E-state index contributed by atoms with van der Waals surface area (Å²) in [5.74, 6) is 0.259. The van der Waals surface area contributed by atoms with Gasteiger partial charge in [-0.15, -0.1) is 12.4 Å². The summed E-state index contributed by atoms with van der Waals surface area (Å²) in [5, 5.41) is 7.29. The summed E-state index contributed by atoms with van der Waals surface area (Å²) in [6.45, 7) is 1.79. The van der Waals surface area contributed by atoms with Crippen LogP contribution in [0.1, 0.15) is 29.8 Å². The quantitative estimate of drug-likeness (QED) is 0.911. The van der Waals surface area contributed by atoms with Crippen LogP contribution in [-0.4, -0.2) is 25.0 Å². The Morgan fingerprint density at radius 1 is 1.40 bits per heavy atom. The molecule has 5 heteroatoms.